The molecule has 2 amide bonds. The molecule has 34 heavy (non-hydrogen) atoms. The van der Waals surface area contributed by atoms with Crippen molar-refractivity contribution in [3.63, 3.8) is 0 Å². The maximum atomic E-state index is 14.6. The maximum absolute atomic E-state index is 14.6. The second kappa shape index (κ2) is 10.0. The van der Waals surface area contributed by atoms with E-state index in [1.54, 1.807) is 24.3 Å². The Morgan fingerprint density at radius 3 is 2.71 bits per heavy atom. The molecule has 2 aromatic carbocycles. The van der Waals surface area contributed by atoms with Crippen LogP contribution in [0.5, 0.6) is 0 Å². The first kappa shape index (κ1) is 24.6. The molecule has 6 nitrogen and oxygen atoms in total. The van der Waals surface area contributed by atoms with Gasteiger partial charge in [-0.05, 0) is 63.8 Å². The minimum absolute atomic E-state index is 0.000386. The van der Waals surface area contributed by atoms with Crippen LogP contribution in [-0.4, -0.2) is 30.0 Å². The molecule has 0 spiro atoms. The molecule has 0 aliphatic carbocycles. The lowest BCUT2D eigenvalue weighted by atomic mass is 9.85. The predicted molar refractivity (Wildman–Crippen MR) is 140 cm³/mol. The quantitative estimate of drug-likeness (QED) is 0.303. The highest BCUT2D eigenvalue weighted by molar-refractivity contribution is 14.1. The molecule has 4 N–H and O–H groups in total. The fourth-order valence-corrected chi connectivity index (χ4v) is 5.47. The first-order chi connectivity index (χ1) is 16.1. The molecule has 2 heterocycles. The lowest BCUT2D eigenvalue weighted by Gasteiger charge is -2.22. The molecule has 9 heteroatoms. The summed E-state index contributed by atoms with van der Waals surface area (Å²) in [5, 5.41) is 19.6. The summed E-state index contributed by atoms with van der Waals surface area (Å²) in [7, 11) is 0. The standard InChI is InChI=1S/C25H25FIN3O3S/c1-25(2)11-16-20(22(32)28-12-19(31)14-6-4-3-5-7-14)24(34-21(16)23(33)29-13-25)30-18-9-8-15(27)10-17(18)26/h3-10,19,30-31H,11-13H2,1-2H3,(H,28,32)(H,29,33). The number of hydrogen-bond donors (Lipinski definition) is 4. The Morgan fingerprint density at radius 1 is 1.26 bits per heavy atom. The van der Waals surface area contributed by atoms with Crippen LogP contribution in [0.4, 0.5) is 15.1 Å². The van der Waals surface area contributed by atoms with E-state index in [9.17, 15) is 19.1 Å². The van der Waals surface area contributed by atoms with E-state index in [0.717, 1.165) is 14.9 Å². The van der Waals surface area contributed by atoms with Crippen LogP contribution >= 0.6 is 33.9 Å². The number of benzene rings is 2. The van der Waals surface area contributed by atoms with Crippen molar-refractivity contribution in [1.82, 2.24) is 10.6 Å². The molecule has 1 aliphatic heterocycles. The molecule has 1 aliphatic rings. The highest BCUT2D eigenvalue weighted by atomic mass is 127. The average Bonchev–Trinajstić information content (AvgIpc) is 3.10. The minimum Gasteiger partial charge on any atom is -0.387 e. The van der Waals surface area contributed by atoms with E-state index in [1.165, 1.54) is 6.07 Å². The predicted octanol–water partition coefficient (Wildman–Crippen LogP) is 5.01. The fourth-order valence-electron chi connectivity index (χ4n) is 3.87. The number of hydrogen-bond acceptors (Lipinski definition) is 5. The number of carbonyl (C=O) groups excluding carboxylic acids is 2. The Balaban J connectivity index is 1.69. The molecule has 178 valence electrons. The van der Waals surface area contributed by atoms with Gasteiger partial charge >= 0.3 is 0 Å². The van der Waals surface area contributed by atoms with E-state index < -0.39 is 17.8 Å². The summed E-state index contributed by atoms with van der Waals surface area (Å²) in [5.41, 5.74) is 1.57. The smallest absolute Gasteiger partial charge is 0.261 e. The van der Waals surface area contributed by atoms with Gasteiger partial charge in [0.1, 0.15) is 10.8 Å². The number of aliphatic hydroxyl groups is 1. The zero-order valence-electron chi connectivity index (χ0n) is 18.7. The van der Waals surface area contributed by atoms with Gasteiger partial charge in [-0.1, -0.05) is 44.2 Å². The van der Waals surface area contributed by atoms with Gasteiger partial charge in [0.2, 0.25) is 0 Å². The summed E-state index contributed by atoms with van der Waals surface area (Å²) in [6, 6.07) is 13.8. The zero-order chi connectivity index (χ0) is 24.5. The Morgan fingerprint density at radius 2 is 2.00 bits per heavy atom. The number of anilines is 2. The molecular formula is C25H25FIN3O3S. The molecular weight excluding hydrogens is 568 g/mol. The largest absolute Gasteiger partial charge is 0.387 e. The Labute approximate surface area is 215 Å². The number of rotatable bonds is 6. The van der Waals surface area contributed by atoms with Gasteiger partial charge in [-0.2, -0.15) is 0 Å². The van der Waals surface area contributed by atoms with Crippen molar-refractivity contribution in [2.24, 2.45) is 5.41 Å². The Bertz CT molecular complexity index is 1230. The van der Waals surface area contributed by atoms with Crippen LogP contribution in [0.3, 0.4) is 0 Å². The first-order valence-corrected chi connectivity index (χ1v) is 12.7. The molecule has 0 bridgehead atoms. The monoisotopic (exact) mass is 593 g/mol. The number of amides is 2. The molecule has 0 fully saturated rings. The van der Waals surface area contributed by atoms with Crippen molar-refractivity contribution >= 4 is 56.4 Å². The number of halogens is 2. The van der Waals surface area contributed by atoms with Crippen molar-refractivity contribution in [3.8, 4) is 0 Å². The van der Waals surface area contributed by atoms with Crippen LogP contribution in [-0.2, 0) is 6.42 Å². The number of nitrogens with one attached hydrogen (secondary N) is 3. The number of thiophene rings is 1. The van der Waals surface area contributed by atoms with Gasteiger partial charge in [-0.15, -0.1) is 11.3 Å². The van der Waals surface area contributed by atoms with E-state index in [1.807, 2.05) is 54.6 Å². The van der Waals surface area contributed by atoms with Gasteiger partial charge in [0.05, 0.1) is 22.2 Å². The number of fused-ring (bicyclic) bond motifs is 1. The van der Waals surface area contributed by atoms with Gasteiger partial charge in [0.25, 0.3) is 11.8 Å². The van der Waals surface area contributed by atoms with Crippen molar-refractivity contribution in [2.45, 2.75) is 26.4 Å². The van der Waals surface area contributed by atoms with Crippen molar-refractivity contribution in [3.05, 3.63) is 79.5 Å². The SMILES string of the molecule is CC1(C)CNC(=O)c2sc(Nc3ccc(I)cc3F)c(C(=O)NCC(O)c3ccccc3)c2C1. The Hall–Kier alpha value is -2.50. The molecule has 0 radical (unpaired) electrons. The lowest BCUT2D eigenvalue weighted by molar-refractivity contribution is 0.0915. The molecule has 1 unspecified atom stereocenters. The summed E-state index contributed by atoms with van der Waals surface area (Å²) < 4.78 is 15.3. The Kier molecular flexibility index (Phi) is 7.25. The van der Waals surface area contributed by atoms with Crippen LogP contribution in [0.15, 0.2) is 48.5 Å². The molecule has 4 rings (SSSR count). The van der Waals surface area contributed by atoms with E-state index in [4.69, 9.17) is 0 Å². The summed E-state index contributed by atoms with van der Waals surface area (Å²) in [5.74, 6) is -1.13. The summed E-state index contributed by atoms with van der Waals surface area (Å²) in [4.78, 5) is 26.7. The molecule has 3 aromatic rings. The third-order valence-electron chi connectivity index (χ3n) is 5.64. The topological polar surface area (TPSA) is 90.5 Å². The van der Waals surface area contributed by atoms with Gasteiger partial charge in [-0.3, -0.25) is 9.59 Å². The second-order valence-electron chi connectivity index (χ2n) is 9.02. The summed E-state index contributed by atoms with van der Waals surface area (Å²) in [6.45, 7) is 4.52. The number of aliphatic hydroxyl groups excluding tert-OH is 1. The van der Waals surface area contributed by atoms with Crippen molar-refractivity contribution in [2.75, 3.05) is 18.4 Å². The van der Waals surface area contributed by atoms with E-state index >= 15 is 0 Å². The fraction of sp³-hybridized carbons (Fsp3) is 0.280. The van der Waals surface area contributed by atoms with Crippen molar-refractivity contribution < 1.29 is 19.1 Å². The van der Waals surface area contributed by atoms with Crippen LogP contribution in [0, 0.1) is 14.8 Å². The van der Waals surface area contributed by atoms with Crippen LogP contribution in [0.2, 0.25) is 0 Å². The van der Waals surface area contributed by atoms with Crippen LogP contribution in [0.1, 0.15) is 51.1 Å². The highest BCUT2D eigenvalue weighted by Crippen LogP contribution is 2.40. The molecule has 0 saturated carbocycles. The minimum atomic E-state index is -0.882. The maximum Gasteiger partial charge on any atom is 0.261 e. The summed E-state index contributed by atoms with van der Waals surface area (Å²) >= 11 is 3.16. The van der Waals surface area contributed by atoms with Gasteiger partial charge in [-0.25, -0.2) is 4.39 Å². The van der Waals surface area contributed by atoms with E-state index in [-0.39, 0.29) is 23.6 Å². The van der Waals surface area contributed by atoms with E-state index in [2.05, 4.69) is 16.0 Å². The second-order valence-corrected chi connectivity index (χ2v) is 11.3. The third-order valence-corrected chi connectivity index (χ3v) is 7.46. The average molecular weight is 593 g/mol. The lowest BCUT2D eigenvalue weighted by Crippen LogP contribution is -2.32. The van der Waals surface area contributed by atoms with Gasteiger partial charge < -0.3 is 21.1 Å². The van der Waals surface area contributed by atoms with Crippen molar-refractivity contribution in [1.29, 1.82) is 0 Å². The number of carbonyl (C=O) groups is 2. The first-order valence-electron chi connectivity index (χ1n) is 10.8. The van der Waals surface area contributed by atoms with Crippen LogP contribution in [0.25, 0.3) is 0 Å². The van der Waals surface area contributed by atoms with E-state index in [0.29, 0.717) is 39.5 Å². The molecule has 1 atom stereocenters. The normalized spacial score (nSPS) is 15.6. The molecule has 1 aromatic heterocycles. The van der Waals surface area contributed by atoms with Gasteiger partial charge in [0, 0.05) is 16.7 Å². The third kappa shape index (κ3) is 5.42. The highest BCUT2D eigenvalue weighted by Gasteiger charge is 2.34. The summed E-state index contributed by atoms with van der Waals surface area (Å²) in [6.07, 6.45) is -0.384. The van der Waals surface area contributed by atoms with Gasteiger partial charge in [0.15, 0.2) is 0 Å². The zero-order valence-corrected chi connectivity index (χ0v) is 21.7. The molecule has 0 saturated heterocycles. The van der Waals surface area contributed by atoms with Crippen LogP contribution < -0.4 is 16.0 Å².